The Morgan fingerprint density at radius 3 is 2.84 bits per heavy atom. The number of carbonyl (C=O) groups is 4. The van der Waals surface area contributed by atoms with Gasteiger partial charge in [0.05, 0.1) is 28.3 Å². The first kappa shape index (κ1) is 24.4. The topological polar surface area (TPSA) is 156 Å². The molecule has 0 unspecified atom stereocenters. The molecule has 192 valence electrons. The fraction of sp³-hybridized carbons (Fsp3) is 0.333. The Morgan fingerprint density at radius 1 is 1.27 bits per heavy atom. The van der Waals surface area contributed by atoms with Gasteiger partial charge in [-0.1, -0.05) is 0 Å². The minimum absolute atomic E-state index is 0.113. The molecule has 0 spiro atoms. The number of anilines is 1. The van der Waals surface area contributed by atoms with Crippen LogP contribution in [0.1, 0.15) is 47.8 Å². The smallest absolute Gasteiger partial charge is 0.326 e. The van der Waals surface area contributed by atoms with Gasteiger partial charge in [-0.3, -0.25) is 19.7 Å². The van der Waals surface area contributed by atoms with Crippen molar-refractivity contribution in [1.82, 2.24) is 30.5 Å². The Labute approximate surface area is 215 Å². The summed E-state index contributed by atoms with van der Waals surface area (Å²) >= 11 is 1.30. The number of fused-ring (bicyclic) bond motifs is 1. The third kappa shape index (κ3) is 5.61. The van der Waals surface area contributed by atoms with Crippen molar-refractivity contribution in [2.24, 2.45) is 0 Å². The van der Waals surface area contributed by atoms with Crippen molar-refractivity contribution >= 4 is 52.7 Å². The highest BCUT2D eigenvalue weighted by atomic mass is 32.1. The van der Waals surface area contributed by atoms with Crippen LogP contribution < -0.4 is 21.3 Å². The van der Waals surface area contributed by atoms with Crippen molar-refractivity contribution in [2.75, 3.05) is 18.5 Å². The molecule has 13 heteroatoms. The van der Waals surface area contributed by atoms with E-state index in [4.69, 9.17) is 9.72 Å². The van der Waals surface area contributed by atoms with Crippen molar-refractivity contribution in [1.29, 1.82) is 0 Å². The molecule has 1 aliphatic carbocycles. The highest BCUT2D eigenvalue weighted by molar-refractivity contribution is 7.17. The Balaban J connectivity index is 1.38. The lowest BCUT2D eigenvalue weighted by atomic mass is 10.2. The second kappa shape index (κ2) is 10.4. The number of thiophene rings is 1. The van der Waals surface area contributed by atoms with Crippen molar-refractivity contribution in [2.45, 2.75) is 38.6 Å². The maximum absolute atomic E-state index is 12.6. The number of ether oxygens (including phenoxy) is 1. The van der Waals surface area contributed by atoms with Gasteiger partial charge in [0, 0.05) is 30.6 Å². The summed E-state index contributed by atoms with van der Waals surface area (Å²) in [4.78, 5) is 53.6. The van der Waals surface area contributed by atoms with Crippen LogP contribution in [0, 0.1) is 0 Å². The molecule has 3 aromatic rings. The summed E-state index contributed by atoms with van der Waals surface area (Å²) in [6.07, 6.45) is 5.98. The zero-order valence-corrected chi connectivity index (χ0v) is 20.8. The number of nitrogens with zero attached hydrogens (tertiary/aromatic N) is 3. The standard InChI is InChI=1S/C24H25N7O5S/c1-2-36-20(32)4-3-9-25-23(34)18-8-7-17(37-18)15-11-19(27-14-5-6-14)31-21(28-15)13(12-26-31)10-16-22(33)30-24(35)29-16/h7-8,10-12,14,27H,2-6,9H2,1H3,(H,25,34)(H2,29,30,33,35)/b16-10-. The summed E-state index contributed by atoms with van der Waals surface area (Å²) in [5, 5.41) is 15.4. The zero-order chi connectivity index (χ0) is 25.9. The van der Waals surface area contributed by atoms with Crippen LogP contribution in [0.2, 0.25) is 0 Å². The summed E-state index contributed by atoms with van der Waals surface area (Å²) < 4.78 is 6.55. The molecule has 0 aromatic carbocycles. The van der Waals surface area contributed by atoms with Crippen LogP contribution in [0.15, 0.2) is 30.1 Å². The van der Waals surface area contributed by atoms with E-state index < -0.39 is 11.9 Å². The molecule has 1 saturated heterocycles. The maximum atomic E-state index is 12.6. The second-order valence-electron chi connectivity index (χ2n) is 8.58. The van der Waals surface area contributed by atoms with Gasteiger partial charge in [-0.05, 0) is 44.4 Å². The lowest BCUT2D eigenvalue weighted by molar-refractivity contribution is -0.143. The average Bonchev–Trinajstić information content (AvgIpc) is 3.24. The number of aromatic nitrogens is 3. The first-order valence-electron chi connectivity index (χ1n) is 11.9. The number of urea groups is 1. The molecular weight excluding hydrogens is 498 g/mol. The summed E-state index contributed by atoms with van der Waals surface area (Å²) in [7, 11) is 0. The van der Waals surface area contributed by atoms with Crippen LogP contribution in [-0.4, -0.2) is 57.6 Å². The van der Waals surface area contributed by atoms with Crippen LogP contribution in [0.4, 0.5) is 10.6 Å². The second-order valence-corrected chi connectivity index (χ2v) is 9.66. The van der Waals surface area contributed by atoms with Gasteiger partial charge in [0.15, 0.2) is 5.65 Å². The molecule has 2 fully saturated rings. The van der Waals surface area contributed by atoms with Gasteiger partial charge < -0.3 is 20.7 Å². The average molecular weight is 524 g/mol. The fourth-order valence-electron chi connectivity index (χ4n) is 3.74. The van der Waals surface area contributed by atoms with Crippen LogP contribution >= 0.6 is 11.3 Å². The molecule has 12 nitrogen and oxygen atoms in total. The van der Waals surface area contributed by atoms with Crippen LogP contribution in [0.5, 0.6) is 0 Å². The normalized spacial score (nSPS) is 16.1. The van der Waals surface area contributed by atoms with E-state index in [-0.39, 0.29) is 24.0 Å². The number of hydrogen-bond acceptors (Lipinski definition) is 9. The number of carbonyl (C=O) groups excluding carboxylic acids is 4. The van der Waals surface area contributed by atoms with E-state index in [9.17, 15) is 19.2 Å². The van der Waals surface area contributed by atoms with Gasteiger partial charge in [0.2, 0.25) is 0 Å². The molecule has 2 aliphatic rings. The lowest BCUT2D eigenvalue weighted by Gasteiger charge is -2.09. The fourth-order valence-corrected chi connectivity index (χ4v) is 4.62. The van der Waals surface area contributed by atoms with Crippen molar-refractivity contribution in [3.8, 4) is 10.6 Å². The SMILES string of the molecule is CCOC(=O)CCCNC(=O)c1ccc(-c2cc(NC3CC3)n3ncc(/C=C4\NC(=O)NC4=O)c3n2)s1. The van der Waals surface area contributed by atoms with E-state index in [1.807, 2.05) is 12.1 Å². The molecule has 37 heavy (non-hydrogen) atoms. The minimum atomic E-state index is -0.581. The van der Waals surface area contributed by atoms with Gasteiger partial charge in [-0.25, -0.2) is 9.78 Å². The number of esters is 1. The zero-order valence-electron chi connectivity index (χ0n) is 20.0. The van der Waals surface area contributed by atoms with E-state index in [1.165, 1.54) is 17.4 Å². The van der Waals surface area contributed by atoms with E-state index >= 15 is 0 Å². The first-order chi connectivity index (χ1) is 17.9. The molecule has 4 N–H and O–H groups in total. The van der Waals surface area contributed by atoms with E-state index in [1.54, 1.807) is 23.7 Å². The number of imide groups is 1. The summed E-state index contributed by atoms with van der Waals surface area (Å²) in [6, 6.07) is 5.22. The first-order valence-corrected chi connectivity index (χ1v) is 12.8. The van der Waals surface area contributed by atoms with Gasteiger partial charge in [0.1, 0.15) is 11.5 Å². The Kier molecular flexibility index (Phi) is 6.86. The van der Waals surface area contributed by atoms with E-state index in [0.29, 0.717) is 47.4 Å². The predicted octanol–water partition coefficient (Wildman–Crippen LogP) is 2.29. The summed E-state index contributed by atoms with van der Waals surface area (Å²) in [5.74, 6) is -0.285. The number of hydrogen-bond donors (Lipinski definition) is 4. The van der Waals surface area contributed by atoms with E-state index in [2.05, 4.69) is 26.4 Å². The van der Waals surface area contributed by atoms with Gasteiger partial charge >= 0.3 is 12.0 Å². The van der Waals surface area contributed by atoms with Crippen LogP contribution in [-0.2, 0) is 14.3 Å². The third-order valence-electron chi connectivity index (χ3n) is 5.68. The van der Waals surface area contributed by atoms with Gasteiger partial charge in [0.25, 0.3) is 11.8 Å². The quantitative estimate of drug-likeness (QED) is 0.137. The highest BCUT2D eigenvalue weighted by Crippen LogP contribution is 2.32. The van der Waals surface area contributed by atoms with Crippen LogP contribution in [0.25, 0.3) is 22.3 Å². The molecule has 4 heterocycles. The van der Waals surface area contributed by atoms with Crippen molar-refractivity contribution in [3.63, 3.8) is 0 Å². The van der Waals surface area contributed by atoms with Gasteiger partial charge in [-0.15, -0.1) is 11.3 Å². The minimum Gasteiger partial charge on any atom is -0.466 e. The molecule has 0 atom stereocenters. The predicted molar refractivity (Wildman–Crippen MR) is 136 cm³/mol. The lowest BCUT2D eigenvalue weighted by Crippen LogP contribution is -2.24. The Bertz CT molecular complexity index is 1420. The molecule has 0 bridgehead atoms. The monoisotopic (exact) mass is 523 g/mol. The maximum Gasteiger partial charge on any atom is 0.326 e. The molecule has 0 radical (unpaired) electrons. The Morgan fingerprint density at radius 2 is 2.11 bits per heavy atom. The third-order valence-corrected chi connectivity index (χ3v) is 6.79. The highest BCUT2D eigenvalue weighted by Gasteiger charge is 2.26. The molecule has 5 rings (SSSR count). The largest absolute Gasteiger partial charge is 0.466 e. The Hall–Kier alpha value is -4.26. The summed E-state index contributed by atoms with van der Waals surface area (Å²) in [5.41, 5.74) is 1.81. The molecule has 1 saturated carbocycles. The summed E-state index contributed by atoms with van der Waals surface area (Å²) in [6.45, 7) is 2.46. The van der Waals surface area contributed by atoms with Crippen molar-refractivity contribution in [3.05, 3.63) is 40.5 Å². The van der Waals surface area contributed by atoms with Crippen LogP contribution in [0.3, 0.4) is 0 Å². The molecule has 4 amide bonds. The van der Waals surface area contributed by atoms with Crippen molar-refractivity contribution < 1.29 is 23.9 Å². The molecule has 1 aliphatic heterocycles. The van der Waals surface area contributed by atoms with E-state index in [0.717, 1.165) is 23.5 Å². The molecular formula is C24H25N7O5S. The molecule has 3 aromatic heterocycles. The number of nitrogens with one attached hydrogen (secondary N) is 4. The van der Waals surface area contributed by atoms with Gasteiger partial charge in [-0.2, -0.15) is 9.61 Å². The number of rotatable bonds is 10. The number of amides is 4.